The van der Waals surface area contributed by atoms with Gasteiger partial charge >= 0.3 is 23.9 Å². The zero-order chi connectivity index (χ0) is 34.7. The molecule has 0 aliphatic heterocycles. The van der Waals surface area contributed by atoms with E-state index in [0.29, 0.717) is 91.0 Å². The molecule has 0 aromatic heterocycles. The number of ketones is 1. The number of hydrogen-bond donors (Lipinski definition) is 1. The first kappa shape index (κ1) is 42.4. The largest absolute Gasteiger partial charge is 0.469 e. The molecule has 46 heavy (non-hydrogen) atoms. The highest BCUT2D eigenvalue weighted by Crippen LogP contribution is 2.06. The summed E-state index contributed by atoms with van der Waals surface area (Å²) in [6.07, 6.45) is 3.10. The maximum Gasteiger partial charge on any atom is 0.306 e. The molecular weight excluding hydrogens is 604 g/mol. The zero-order valence-electron chi connectivity index (χ0n) is 28.3. The molecule has 1 N–H and O–H groups in total. The fourth-order valence-corrected chi connectivity index (χ4v) is 4.47. The van der Waals surface area contributed by atoms with Gasteiger partial charge in [-0.15, -0.1) is 0 Å². The lowest BCUT2D eigenvalue weighted by molar-refractivity contribution is -0.142. The van der Waals surface area contributed by atoms with Gasteiger partial charge < -0.3 is 39.0 Å². The minimum absolute atomic E-state index is 0.0657. The molecule has 264 valence electrons. The van der Waals surface area contributed by atoms with Crippen LogP contribution in [0.15, 0.2) is 0 Å². The fraction of sp³-hybridized carbons (Fsp3) is 0.774. The highest BCUT2D eigenvalue weighted by molar-refractivity contribution is 5.78. The van der Waals surface area contributed by atoms with Gasteiger partial charge in [0.2, 0.25) is 11.8 Å². The van der Waals surface area contributed by atoms with Crippen LogP contribution < -0.4 is 5.32 Å². The van der Waals surface area contributed by atoms with Crippen LogP contribution in [-0.2, 0) is 52.5 Å². The van der Waals surface area contributed by atoms with Crippen molar-refractivity contribution in [3.63, 3.8) is 0 Å². The number of hydrogen-bond acceptors (Lipinski definition) is 13. The summed E-state index contributed by atoms with van der Waals surface area (Å²) in [5.74, 6) is -1.67. The molecule has 0 spiro atoms. The molecule has 2 amide bonds. The number of carbonyl (C=O) groups excluding carboxylic acids is 7. The third kappa shape index (κ3) is 22.8. The normalized spacial score (nSPS) is 10.8. The average Bonchev–Trinajstić information content (AvgIpc) is 3.04. The van der Waals surface area contributed by atoms with Crippen molar-refractivity contribution < 1.29 is 52.5 Å². The standard InChI is InChI=1S/C31H54N4O11/c1-25(36)35(18-7-10-26(37)9-6-17-33(20-12-28(39)43-2)21-13-29(40)44-3)19-8-11-27(38)32-16-24-34(22-14-30(41)45-4)23-15-31(42)46-5/h6-24H2,1-5H3,(H,32,38). The predicted octanol–water partition coefficient (Wildman–Crippen LogP) is 0.717. The first-order valence-corrected chi connectivity index (χ1v) is 15.7. The summed E-state index contributed by atoms with van der Waals surface area (Å²) >= 11 is 0. The number of nitrogens with one attached hydrogen (secondary N) is 1. The van der Waals surface area contributed by atoms with Crippen LogP contribution in [0.1, 0.15) is 71.1 Å². The van der Waals surface area contributed by atoms with Crippen molar-refractivity contribution >= 4 is 41.5 Å². The molecule has 15 nitrogen and oxygen atoms in total. The summed E-state index contributed by atoms with van der Waals surface area (Å²) in [5.41, 5.74) is 0. The van der Waals surface area contributed by atoms with E-state index >= 15 is 0 Å². The first-order valence-electron chi connectivity index (χ1n) is 15.7. The Morgan fingerprint density at radius 3 is 1.24 bits per heavy atom. The molecule has 0 radical (unpaired) electrons. The Kier molecular flexibility index (Phi) is 24.5. The summed E-state index contributed by atoms with van der Waals surface area (Å²) in [6, 6.07) is 0. The number of rotatable bonds is 27. The van der Waals surface area contributed by atoms with E-state index in [1.54, 1.807) is 4.90 Å². The van der Waals surface area contributed by atoms with Crippen molar-refractivity contribution in [3.05, 3.63) is 0 Å². The van der Waals surface area contributed by atoms with Crippen molar-refractivity contribution in [2.45, 2.75) is 71.1 Å². The van der Waals surface area contributed by atoms with E-state index in [9.17, 15) is 33.6 Å². The van der Waals surface area contributed by atoms with Crippen molar-refractivity contribution in [1.29, 1.82) is 0 Å². The zero-order valence-corrected chi connectivity index (χ0v) is 28.3. The fourth-order valence-electron chi connectivity index (χ4n) is 4.47. The van der Waals surface area contributed by atoms with Crippen LogP contribution in [0.2, 0.25) is 0 Å². The van der Waals surface area contributed by atoms with Gasteiger partial charge in [0.25, 0.3) is 0 Å². The average molecular weight is 659 g/mol. The Hall–Kier alpha value is -3.59. The smallest absolute Gasteiger partial charge is 0.306 e. The van der Waals surface area contributed by atoms with Gasteiger partial charge in [0.05, 0.1) is 54.1 Å². The van der Waals surface area contributed by atoms with Crippen molar-refractivity contribution in [1.82, 2.24) is 20.0 Å². The first-order chi connectivity index (χ1) is 21.9. The van der Waals surface area contributed by atoms with E-state index in [-0.39, 0.29) is 73.6 Å². The molecule has 0 fully saturated rings. The van der Waals surface area contributed by atoms with Gasteiger partial charge in [0.15, 0.2) is 0 Å². The van der Waals surface area contributed by atoms with E-state index in [2.05, 4.69) is 24.3 Å². The second-order valence-corrected chi connectivity index (χ2v) is 10.7. The van der Waals surface area contributed by atoms with Gasteiger partial charge in [-0.3, -0.25) is 33.6 Å². The van der Waals surface area contributed by atoms with E-state index in [4.69, 9.17) is 0 Å². The number of nitrogens with zero attached hydrogens (tertiary/aromatic N) is 3. The predicted molar refractivity (Wildman–Crippen MR) is 167 cm³/mol. The van der Waals surface area contributed by atoms with Gasteiger partial charge in [-0.2, -0.15) is 0 Å². The lowest BCUT2D eigenvalue weighted by Crippen LogP contribution is -2.37. The molecule has 0 unspecified atom stereocenters. The van der Waals surface area contributed by atoms with E-state index < -0.39 is 0 Å². The molecule has 0 aliphatic rings. The Labute approximate surface area is 272 Å². The van der Waals surface area contributed by atoms with Crippen LogP contribution in [0.4, 0.5) is 0 Å². The second kappa shape index (κ2) is 26.6. The van der Waals surface area contributed by atoms with Crippen molar-refractivity contribution in [2.75, 3.05) is 87.3 Å². The minimum atomic E-state index is -0.365. The quantitative estimate of drug-likeness (QED) is 0.0965. The van der Waals surface area contributed by atoms with E-state index in [1.807, 2.05) is 9.80 Å². The molecule has 0 atom stereocenters. The lowest BCUT2D eigenvalue weighted by Gasteiger charge is -2.22. The lowest BCUT2D eigenvalue weighted by atomic mass is 10.1. The molecule has 0 aromatic carbocycles. The Morgan fingerprint density at radius 1 is 0.478 bits per heavy atom. The Bertz CT molecular complexity index is 853. The third-order valence-electron chi connectivity index (χ3n) is 7.28. The molecule has 0 heterocycles. The van der Waals surface area contributed by atoms with E-state index in [1.165, 1.54) is 35.4 Å². The van der Waals surface area contributed by atoms with Gasteiger partial charge in [-0.25, -0.2) is 0 Å². The summed E-state index contributed by atoms with van der Waals surface area (Å²) in [7, 11) is 5.25. The van der Waals surface area contributed by atoms with E-state index in [0.717, 1.165) is 0 Å². The summed E-state index contributed by atoms with van der Waals surface area (Å²) in [4.78, 5) is 88.3. The number of carbonyl (C=O) groups is 7. The SMILES string of the molecule is COC(=O)CCN(CCCC(=O)CCCN(CCCC(=O)NCCN(CCC(=O)OC)CCC(=O)OC)C(C)=O)CCC(=O)OC. The number of esters is 4. The number of ether oxygens (including phenoxy) is 4. The second-order valence-electron chi connectivity index (χ2n) is 10.7. The van der Waals surface area contributed by atoms with Crippen LogP contribution in [0.5, 0.6) is 0 Å². The number of Topliss-reactive ketones (excluding diaryl/α,β-unsaturated/α-hetero) is 1. The maximum absolute atomic E-state index is 12.5. The van der Waals surface area contributed by atoms with Crippen LogP contribution in [0, 0.1) is 0 Å². The van der Waals surface area contributed by atoms with Gasteiger partial charge in [-0.05, 0) is 25.8 Å². The maximum atomic E-state index is 12.5. The summed E-state index contributed by atoms with van der Waals surface area (Å²) in [5, 5.41) is 2.83. The molecular formula is C31H54N4O11. The van der Waals surface area contributed by atoms with Crippen molar-refractivity contribution in [3.8, 4) is 0 Å². The highest BCUT2D eigenvalue weighted by Gasteiger charge is 2.15. The molecule has 0 saturated heterocycles. The monoisotopic (exact) mass is 658 g/mol. The molecule has 0 aliphatic carbocycles. The van der Waals surface area contributed by atoms with Crippen molar-refractivity contribution in [2.24, 2.45) is 0 Å². The molecule has 0 bridgehead atoms. The minimum Gasteiger partial charge on any atom is -0.469 e. The molecule has 0 saturated carbocycles. The van der Waals surface area contributed by atoms with Crippen LogP contribution in [-0.4, -0.2) is 144 Å². The van der Waals surface area contributed by atoms with Gasteiger partial charge in [0.1, 0.15) is 5.78 Å². The third-order valence-corrected chi connectivity index (χ3v) is 7.28. The number of methoxy groups -OCH3 is 4. The van der Waals surface area contributed by atoms with Gasteiger partial charge in [-0.1, -0.05) is 0 Å². The van der Waals surface area contributed by atoms with Gasteiger partial charge in [0, 0.05) is 78.5 Å². The Morgan fingerprint density at radius 2 is 0.848 bits per heavy atom. The molecule has 0 aromatic rings. The van der Waals surface area contributed by atoms with Crippen LogP contribution in [0.25, 0.3) is 0 Å². The molecule has 15 heteroatoms. The summed E-state index contributed by atoms with van der Waals surface area (Å²) < 4.78 is 18.7. The van der Waals surface area contributed by atoms with Crippen LogP contribution in [0.3, 0.4) is 0 Å². The van der Waals surface area contributed by atoms with Crippen LogP contribution >= 0.6 is 0 Å². The highest BCUT2D eigenvalue weighted by atomic mass is 16.5. The number of amides is 2. The Balaban J connectivity index is 4.45. The molecule has 0 rings (SSSR count). The topological polar surface area (TPSA) is 178 Å². The summed E-state index contributed by atoms with van der Waals surface area (Å²) in [6.45, 7) is 5.13.